The van der Waals surface area contributed by atoms with Crippen molar-refractivity contribution in [1.82, 2.24) is 15.2 Å². The number of aryl methyl sites for hydroxylation is 3. The van der Waals surface area contributed by atoms with Crippen LogP contribution in [0.2, 0.25) is 0 Å². The number of furan rings is 1. The van der Waals surface area contributed by atoms with Crippen molar-refractivity contribution in [1.29, 1.82) is 0 Å². The monoisotopic (exact) mass is 509 g/mol. The van der Waals surface area contributed by atoms with Crippen molar-refractivity contribution < 1.29 is 18.4 Å². The molecule has 4 aromatic rings. The smallest absolute Gasteiger partial charge is 0.274 e. The molecular weight excluding hydrogens is 485 g/mol. The van der Waals surface area contributed by atoms with E-state index in [4.69, 9.17) is 4.42 Å². The Hall–Kier alpha value is -3.17. The van der Waals surface area contributed by atoms with Crippen LogP contribution in [0.5, 0.6) is 0 Å². The summed E-state index contributed by atoms with van der Waals surface area (Å²) >= 11 is 3.11. The molecule has 2 aromatic heterocycles. The van der Waals surface area contributed by atoms with Crippen molar-refractivity contribution in [2.75, 3.05) is 18.8 Å². The zero-order valence-electron chi connectivity index (χ0n) is 19.6. The number of fused-ring (bicyclic) bond motifs is 1. The number of carbonyl (C=O) groups is 2. The highest BCUT2D eigenvalue weighted by atomic mass is 32.2. The normalized spacial score (nSPS) is 15.7. The van der Waals surface area contributed by atoms with Crippen LogP contribution in [0.1, 0.15) is 37.2 Å². The first kappa shape index (κ1) is 23.6. The Labute approximate surface area is 210 Å². The largest absolute Gasteiger partial charge is 0.461 e. The quantitative estimate of drug-likeness (QED) is 0.381. The minimum absolute atomic E-state index is 0.145. The van der Waals surface area contributed by atoms with Crippen LogP contribution in [0, 0.1) is 26.6 Å². The van der Waals surface area contributed by atoms with E-state index < -0.39 is 11.7 Å². The fourth-order valence-electron chi connectivity index (χ4n) is 4.31. The summed E-state index contributed by atoms with van der Waals surface area (Å²) in [6, 6.07) is 12.2. The average molecular weight is 510 g/mol. The fraction of sp³-hybridized carbons (Fsp3) is 0.269. The Morgan fingerprint density at radius 2 is 2.03 bits per heavy atom. The number of carbonyl (C=O) groups excluding carboxylic acids is 2. The maximum absolute atomic E-state index is 14.1. The average Bonchev–Trinajstić information content (AvgIpc) is 3.54. The summed E-state index contributed by atoms with van der Waals surface area (Å²) < 4.78 is 19.6. The van der Waals surface area contributed by atoms with Crippen molar-refractivity contribution in [3.63, 3.8) is 0 Å². The minimum atomic E-state index is -0.536. The third-order valence-electron chi connectivity index (χ3n) is 5.88. The second kappa shape index (κ2) is 9.47. The van der Waals surface area contributed by atoms with Crippen LogP contribution in [0.25, 0.3) is 21.4 Å². The number of halogens is 1. The molecule has 1 fully saturated rings. The lowest BCUT2D eigenvalue weighted by Gasteiger charge is -2.24. The molecule has 1 aliphatic rings. The highest BCUT2D eigenvalue weighted by molar-refractivity contribution is 8.00. The van der Waals surface area contributed by atoms with Crippen LogP contribution in [-0.2, 0) is 0 Å². The van der Waals surface area contributed by atoms with Crippen molar-refractivity contribution >= 4 is 45.9 Å². The molecule has 9 heteroatoms. The predicted molar refractivity (Wildman–Crippen MR) is 138 cm³/mol. The van der Waals surface area contributed by atoms with Crippen LogP contribution in [0.4, 0.5) is 4.39 Å². The van der Waals surface area contributed by atoms with Gasteiger partial charge in [0, 0.05) is 30.3 Å². The van der Waals surface area contributed by atoms with Crippen LogP contribution >= 0.6 is 23.1 Å². The van der Waals surface area contributed by atoms with E-state index in [1.807, 2.05) is 32.0 Å². The van der Waals surface area contributed by atoms with Crippen molar-refractivity contribution in [3.8, 4) is 10.4 Å². The zero-order valence-corrected chi connectivity index (χ0v) is 21.2. The van der Waals surface area contributed by atoms with Gasteiger partial charge in [0.2, 0.25) is 0 Å². The highest BCUT2D eigenvalue weighted by Gasteiger charge is 2.33. The first-order valence-electron chi connectivity index (χ1n) is 11.2. The molecule has 0 radical (unpaired) electrons. The van der Waals surface area contributed by atoms with E-state index in [-0.39, 0.29) is 23.4 Å². The Bertz CT molecular complexity index is 1450. The number of amides is 2. The topological polar surface area (TPSA) is 75.4 Å². The van der Waals surface area contributed by atoms with Crippen LogP contribution in [-0.4, -0.2) is 45.9 Å². The number of thioether (sulfide) groups is 1. The van der Waals surface area contributed by atoms with Gasteiger partial charge in [0.15, 0.2) is 0 Å². The number of nitrogens with one attached hydrogen (secondary N) is 1. The molecule has 1 N–H and O–H groups in total. The van der Waals surface area contributed by atoms with Gasteiger partial charge in [-0.05, 0) is 38.5 Å². The summed E-state index contributed by atoms with van der Waals surface area (Å²) in [5, 5.41) is 4.03. The van der Waals surface area contributed by atoms with Gasteiger partial charge in [0.1, 0.15) is 22.9 Å². The summed E-state index contributed by atoms with van der Waals surface area (Å²) in [6.45, 7) is 6.48. The van der Waals surface area contributed by atoms with Crippen molar-refractivity contribution in [2.45, 2.75) is 26.1 Å². The van der Waals surface area contributed by atoms with E-state index in [1.54, 1.807) is 29.7 Å². The third-order valence-corrected chi connectivity index (χ3v) is 8.12. The molecule has 0 spiro atoms. The van der Waals surface area contributed by atoms with E-state index >= 15 is 0 Å². The lowest BCUT2D eigenvalue weighted by atomic mass is 10.1. The number of benzene rings is 2. The molecule has 1 atom stereocenters. The standard InChI is InChI=1S/C26H24FN3O3S2/c1-14-5-4-6-17(9-14)24-23(29-16(3)35-24)26(32)30-7-8-34-22(30)13-28-25(31)20-11-18(27)12-21-19(20)10-15(2)33-21/h4-6,9-12,22H,7-8,13H2,1-3H3,(H,28,31). The van der Waals surface area contributed by atoms with Crippen LogP contribution in [0.3, 0.4) is 0 Å². The Kier molecular flexibility index (Phi) is 6.37. The summed E-state index contributed by atoms with van der Waals surface area (Å²) in [6.07, 6.45) is 0. The summed E-state index contributed by atoms with van der Waals surface area (Å²) in [4.78, 5) is 33.7. The zero-order chi connectivity index (χ0) is 24.7. The molecule has 5 rings (SSSR count). The number of thiazole rings is 1. The molecule has 1 aliphatic heterocycles. The van der Waals surface area contributed by atoms with Gasteiger partial charge in [-0.3, -0.25) is 9.59 Å². The van der Waals surface area contributed by atoms with E-state index in [1.165, 1.54) is 23.5 Å². The lowest BCUT2D eigenvalue weighted by molar-refractivity contribution is 0.0747. The SMILES string of the molecule is Cc1cccc(-c2sc(C)nc2C(=O)N2CCSC2CNC(=O)c2cc(F)cc3oc(C)cc23)c1. The molecular formula is C26H24FN3O3S2. The summed E-state index contributed by atoms with van der Waals surface area (Å²) in [7, 11) is 0. The van der Waals surface area contributed by atoms with Gasteiger partial charge in [0.05, 0.1) is 20.8 Å². The van der Waals surface area contributed by atoms with Gasteiger partial charge in [-0.2, -0.15) is 0 Å². The molecule has 2 amide bonds. The Morgan fingerprint density at radius 3 is 2.83 bits per heavy atom. The predicted octanol–water partition coefficient (Wildman–Crippen LogP) is 5.57. The van der Waals surface area contributed by atoms with Gasteiger partial charge >= 0.3 is 0 Å². The second-order valence-corrected chi connectivity index (χ2v) is 11.0. The van der Waals surface area contributed by atoms with E-state index in [0.29, 0.717) is 29.0 Å². The number of hydrogen-bond donors (Lipinski definition) is 1. The van der Waals surface area contributed by atoms with Gasteiger partial charge < -0.3 is 14.6 Å². The molecule has 35 heavy (non-hydrogen) atoms. The highest BCUT2D eigenvalue weighted by Crippen LogP contribution is 2.34. The number of aromatic nitrogens is 1. The molecule has 0 saturated carbocycles. The Morgan fingerprint density at radius 1 is 1.20 bits per heavy atom. The first-order valence-corrected chi connectivity index (χ1v) is 13.1. The summed E-state index contributed by atoms with van der Waals surface area (Å²) in [5.74, 6) is 0.284. The lowest BCUT2D eigenvalue weighted by Crippen LogP contribution is -2.42. The van der Waals surface area contributed by atoms with Gasteiger partial charge in [-0.25, -0.2) is 9.37 Å². The summed E-state index contributed by atoms with van der Waals surface area (Å²) in [5.41, 5.74) is 3.08. The first-order chi connectivity index (χ1) is 16.8. The Balaban J connectivity index is 1.35. The molecule has 1 saturated heterocycles. The van der Waals surface area contributed by atoms with E-state index in [0.717, 1.165) is 26.8 Å². The molecule has 6 nitrogen and oxygen atoms in total. The van der Waals surface area contributed by atoms with E-state index in [2.05, 4.69) is 16.4 Å². The second-order valence-electron chi connectivity index (χ2n) is 8.54. The maximum atomic E-state index is 14.1. The van der Waals surface area contributed by atoms with Crippen molar-refractivity contribution in [3.05, 3.63) is 75.9 Å². The van der Waals surface area contributed by atoms with Gasteiger partial charge in [-0.15, -0.1) is 23.1 Å². The molecule has 180 valence electrons. The minimum Gasteiger partial charge on any atom is -0.461 e. The maximum Gasteiger partial charge on any atom is 0.274 e. The number of rotatable bonds is 5. The molecule has 2 aromatic carbocycles. The fourth-order valence-corrected chi connectivity index (χ4v) is 6.37. The van der Waals surface area contributed by atoms with E-state index in [9.17, 15) is 14.0 Å². The third kappa shape index (κ3) is 4.70. The molecule has 1 unspecified atom stereocenters. The molecule has 3 heterocycles. The van der Waals surface area contributed by atoms with Gasteiger partial charge in [-0.1, -0.05) is 29.8 Å². The van der Waals surface area contributed by atoms with Gasteiger partial charge in [0.25, 0.3) is 11.8 Å². The number of hydrogen-bond acceptors (Lipinski definition) is 6. The molecule has 0 aliphatic carbocycles. The number of nitrogens with zero attached hydrogens (tertiary/aromatic N) is 2. The molecule has 0 bridgehead atoms. The van der Waals surface area contributed by atoms with Crippen LogP contribution < -0.4 is 5.32 Å². The van der Waals surface area contributed by atoms with Crippen molar-refractivity contribution in [2.24, 2.45) is 0 Å². The van der Waals surface area contributed by atoms with Crippen LogP contribution in [0.15, 0.2) is 46.9 Å².